The Morgan fingerprint density at radius 1 is 0.967 bits per heavy atom. The molecule has 1 N–H and O–H groups in total. The number of benzene rings is 3. The second-order valence-corrected chi connectivity index (χ2v) is 9.03. The van der Waals surface area contributed by atoms with Gasteiger partial charge in [0.1, 0.15) is 16.3 Å². The van der Waals surface area contributed by atoms with E-state index in [1.165, 1.54) is 5.56 Å². The molecule has 150 valence electrons. The fourth-order valence-corrected chi connectivity index (χ4v) is 5.49. The third-order valence-electron chi connectivity index (χ3n) is 5.77. The van der Waals surface area contributed by atoms with Gasteiger partial charge in [0, 0.05) is 4.90 Å². The van der Waals surface area contributed by atoms with Gasteiger partial charge in [-0.2, -0.15) is 0 Å². The maximum absolute atomic E-state index is 12.9. The average molecular weight is 435 g/mol. The van der Waals surface area contributed by atoms with E-state index in [-0.39, 0.29) is 17.1 Å². The zero-order chi connectivity index (χ0) is 20.7. The number of esters is 1. The van der Waals surface area contributed by atoms with Gasteiger partial charge in [0.15, 0.2) is 0 Å². The number of thioether (sulfide) groups is 1. The number of ether oxygens (including phenoxy) is 1. The topological polar surface area (TPSA) is 46.5 Å². The molecule has 0 amide bonds. The zero-order valence-electron chi connectivity index (χ0n) is 16.1. The fraction of sp³-hybridized carbons (Fsp3) is 0.160. The summed E-state index contributed by atoms with van der Waals surface area (Å²) in [4.78, 5) is 13.9. The first kappa shape index (κ1) is 19.3. The van der Waals surface area contributed by atoms with Crippen LogP contribution in [-0.2, 0) is 21.6 Å². The number of hydrogen-bond acceptors (Lipinski definition) is 4. The molecule has 5 rings (SSSR count). The number of rotatable bonds is 3. The first-order valence-corrected chi connectivity index (χ1v) is 11.0. The molecule has 3 nitrogen and oxygen atoms in total. The van der Waals surface area contributed by atoms with Crippen LogP contribution in [0, 0.1) is 0 Å². The summed E-state index contributed by atoms with van der Waals surface area (Å²) in [6.07, 6.45) is 1.73. The van der Waals surface area contributed by atoms with E-state index < -0.39 is 11.6 Å². The van der Waals surface area contributed by atoms with Crippen molar-refractivity contribution in [1.82, 2.24) is 0 Å². The lowest BCUT2D eigenvalue weighted by molar-refractivity contribution is -0.158. The Kier molecular flexibility index (Phi) is 4.84. The molecule has 1 atom stereocenters. The van der Waals surface area contributed by atoms with Gasteiger partial charge in [0.2, 0.25) is 0 Å². The molecule has 1 aliphatic carbocycles. The van der Waals surface area contributed by atoms with Crippen LogP contribution in [0.15, 0.2) is 88.4 Å². The highest BCUT2D eigenvalue weighted by molar-refractivity contribution is 8.04. The molecule has 1 unspecified atom stereocenters. The van der Waals surface area contributed by atoms with Gasteiger partial charge < -0.3 is 9.84 Å². The highest BCUT2D eigenvalue weighted by Crippen LogP contribution is 2.51. The monoisotopic (exact) mass is 434 g/mol. The van der Waals surface area contributed by atoms with E-state index in [1.54, 1.807) is 6.07 Å². The number of carbonyl (C=O) groups excluding carboxylic acids is 1. The van der Waals surface area contributed by atoms with Gasteiger partial charge in [-0.3, -0.25) is 0 Å². The summed E-state index contributed by atoms with van der Waals surface area (Å²) < 4.78 is 6.03. The summed E-state index contributed by atoms with van der Waals surface area (Å²) in [6.45, 7) is 0. The Hall–Kier alpha value is -2.69. The molecule has 3 aromatic rings. The van der Waals surface area contributed by atoms with Crippen molar-refractivity contribution < 1.29 is 14.6 Å². The van der Waals surface area contributed by atoms with E-state index in [0.717, 1.165) is 34.9 Å². The Balaban J connectivity index is 1.51. The van der Waals surface area contributed by atoms with Gasteiger partial charge in [-0.25, -0.2) is 4.79 Å². The molecule has 1 heterocycles. The zero-order valence-corrected chi connectivity index (χ0v) is 17.7. The normalized spacial score (nSPS) is 20.4. The summed E-state index contributed by atoms with van der Waals surface area (Å²) in [5.74, 6) is -0.434. The highest BCUT2D eigenvalue weighted by Gasteiger charge is 2.48. The van der Waals surface area contributed by atoms with Crippen molar-refractivity contribution in [2.24, 2.45) is 0 Å². The number of fused-ring (bicyclic) bond motifs is 2. The Bertz CT molecular complexity index is 1170. The molecule has 0 saturated heterocycles. The smallest absolute Gasteiger partial charge is 0.349 e. The summed E-state index contributed by atoms with van der Waals surface area (Å²) in [5, 5.41) is 11.4. The lowest BCUT2D eigenvalue weighted by atomic mass is 9.88. The van der Waals surface area contributed by atoms with E-state index in [1.807, 2.05) is 48.5 Å². The van der Waals surface area contributed by atoms with Crippen molar-refractivity contribution in [3.8, 4) is 11.1 Å². The Labute approximate surface area is 184 Å². The van der Waals surface area contributed by atoms with E-state index in [4.69, 9.17) is 16.3 Å². The summed E-state index contributed by atoms with van der Waals surface area (Å²) in [7, 11) is 0. The number of aliphatic hydroxyl groups is 1. The number of carbonyl (C=O) groups is 1. The van der Waals surface area contributed by atoms with Crippen LogP contribution in [0.2, 0.25) is 5.02 Å². The summed E-state index contributed by atoms with van der Waals surface area (Å²) >= 11 is 7.38. The van der Waals surface area contributed by atoms with Gasteiger partial charge in [0.25, 0.3) is 0 Å². The first-order valence-electron chi connectivity index (χ1n) is 9.83. The second-order valence-electron chi connectivity index (χ2n) is 7.57. The maximum atomic E-state index is 12.9. The van der Waals surface area contributed by atoms with Crippen molar-refractivity contribution in [3.63, 3.8) is 0 Å². The molecule has 0 saturated carbocycles. The van der Waals surface area contributed by atoms with Gasteiger partial charge >= 0.3 is 5.97 Å². The molecule has 1 aliphatic heterocycles. The van der Waals surface area contributed by atoms with Crippen molar-refractivity contribution in [3.05, 3.63) is 99.6 Å². The van der Waals surface area contributed by atoms with Crippen LogP contribution >= 0.6 is 23.4 Å². The molecular formula is C25H19ClO3S. The fourth-order valence-electron chi connectivity index (χ4n) is 4.39. The van der Waals surface area contributed by atoms with E-state index in [9.17, 15) is 9.90 Å². The quantitative estimate of drug-likeness (QED) is 0.468. The van der Waals surface area contributed by atoms with Crippen LogP contribution in [0.5, 0.6) is 0 Å². The summed E-state index contributed by atoms with van der Waals surface area (Å²) in [5.41, 5.74) is 3.66. The Morgan fingerprint density at radius 3 is 2.50 bits per heavy atom. The molecule has 3 aromatic carbocycles. The van der Waals surface area contributed by atoms with Crippen LogP contribution in [0.3, 0.4) is 0 Å². The minimum atomic E-state index is -0.814. The van der Waals surface area contributed by atoms with Crippen molar-refractivity contribution >= 4 is 29.3 Å². The molecular weight excluding hydrogens is 416 g/mol. The standard InChI is InChI=1S/C25H19ClO3S/c26-20-11-4-5-12-22(20)30-23-21(27)15-25(29-24(23)28)14-13-18-17(9-6-10-19(18)25)16-7-2-1-3-8-16/h1-12,27H,13-15H2. The Morgan fingerprint density at radius 2 is 1.73 bits per heavy atom. The maximum Gasteiger partial charge on any atom is 0.349 e. The predicted molar refractivity (Wildman–Crippen MR) is 120 cm³/mol. The van der Waals surface area contributed by atoms with Crippen LogP contribution in [0.25, 0.3) is 11.1 Å². The average Bonchev–Trinajstić information content (AvgIpc) is 3.10. The molecule has 5 heteroatoms. The second kappa shape index (κ2) is 7.53. The van der Waals surface area contributed by atoms with Crippen LogP contribution in [0.1, 0.15) is 24.0 Å². The van der Waals surface area contributed by atoms with Gasteiger partial charge in [0.05, 0.1) is 11.4 Å². The van der Waals surface area contributed by atoms with Crippen molar-refractivity contribution in [2.75, 3.05) is 0 Å². The number of halogens is 1. The third kappa shape index (κ3) is 3.21. The van der Waals surface area contributed by atoms with Gasteiger partial charge in [-0.1, -0.05) is 84.0 Å². The van der Waals surface area contributed by atoms with Crippen LogP contribution < -0.4 is 0 Å². The van der Waals surface area contributed by atoms with E-state index in [0.29, 0.717) is 16.3 Å². The molecule has 0 aromatic heterocycles. The van der Waals surface area contributed by atoms with Crippen molar-refractivity contribution in [1.29, 1.82) is 0 Å². The minimum Gasteiger partial charge on any atom is -0.511 e. The highest BCUT2D eigenvalue weighted by atomic mass is 35.5. The van der Waals surface area contributed by atoms with Gasteiger partial charge in [-0.05, 0) is 47.2 Å². The molecule has 0 bridgehead atoms. The lowest BCUT2D eigenvalue weighted by Gasteiger charge is -2.34. The third-order valence-corrected chi connectivity index (χ3v) is 7.39. The molecule has 30 heavy (non-hydrogen) atoms. The molecule has 1 spiro atoms. The van der Waals surface area contributed by atoms with E-state index in [2.05, 4.69) is 18.2 Å². The largest absolute Gasteiger partial charge is 0.511 e. The minimum absolute atomic E-state index is 0.0640. The predicted octanol–water partition coefficient (Wildman–Crippen LogP) is 6.66. The van der Waals surface area contributed by atoms with Crippen molar-refractivity contribution in [2.45, 2.75) is 29.8 Å². The van der Waals surface area contributed by atoms with Crippen LogP contribution in [0.4, 0.5) is 0 Å². The van der Waals surface area contributed by atoms with Crippen LogP contribution in [-0.4, -0.2) is 11.1 Å². The van der Waals surface area contributed by atoms with E-state index >= 15 is 0 Å². The number of aliphatic hydroxyl groups excluding tert-OH is 1. The molecule has 2 aliphatic rings. The SMILES string of the molecule is O=C1OC2(CCc3c(-c4ccccc4)cccc32)CC(O)=C1Sc1ccccc1Cl. The molecule has 0 radical (unpaired) electrons. The summed E-state index contributed by atoms with van der Waals surface area (Å²) in [6, 6.07) is 23.6. The molecule has 0 fully saturated rings. The number of hydrogen-bond donors (Lipinski definition) is 1. The van der Waals surface area contributed by atoms with Gasteiger partial charge in [-0.15, -0.1) is 0 Å². The first-order chi connectivity index (χ1) is 14.6. The lowest BCUT2D eigenvalue weighted by Crippen LogP contribution is -2.35.